The summed E-state index contributed by atoms with van der Waals surface area (Å²) in [6.45, 7) is 8.89. The van der Waals surface area contributed by atoms with Crippen molar-refractivity contribution in [1.82, 2.24) is 9.80 Å². The van der Waals surface area contributed by atoms with Crippen LogP contribution in [0.2, 0.25) is 0 Å². The van der Waals surface area contributed by atoms with Crippen LogP contribution in [0.1, 0.15) is 23.6 Å². The summed E-state index contributed by atoms with van der Waals surface area (Å²) < 4.78 is 5.74. The maximum Gasteiger partial charge on any atom is 0.123 e. The van der Waals surface area contributed by atoms with E-state index < -0.39 is 0 Å². The second-order valence-electron chi connectivity index (χ2n) is 6.40. The van der Waals surface area contributed by atoms with Gasteiger partial charge in [0.05, 0.1) is 18.2 Å². The second kappa shape index (κ2) is 8.66. The van der Waals surface area contributed by atoms with Crippen LogP contribution < -0.4 is 4.74 Å². The van der Waals surface area contributed by atoms with Crippen molar-refractivity contribution in [2.75, 3.05) is 32.8 Å². The van der Waals surface area contributed by atoms with Crippen molar-refractivity contribution in [3.05, 3.63) is 65.2 Å². The highest BCUT2D eigenvalue weighted by atomic mass is 16.5. The van der Waals surface area contributed by atoms with Crippen molar-refractivity contribution in [2.24, 2.45) is 0 Å². The number of hydrogen-bond donors (Lipinski definition) is 0. The molecule has 4 heteroatoms. The minimum absolute atomic E-state index is 0.704. The first-order valence-electron chi connectivity index (χ1n) is 8.93. The highest BCUT2D eigenvalue weighted by Crippen LogP contribution is 2.21. The van der Waals surface area contributed by atoms with Crippen LogP contribution in [0.15, 0.2) is 48.5 Å². The van der Waals surface area contributed by atoms with Crippen LogP contribution in [0, 0.1) is 11.3 Å². The van der Waals surface area contributed by atoms with Gasteiger partial charge in [0, 0.05) is 44.8 Å². The third-order valence-electron chi connectivity index (χ3n) is 4.62. The van der Waals surface area contributed by atoms with Gasteiger partial charge in [0.15, 0.2) is 0 Å². The lowest BCUT2D eigenvalue weighted by molar-refractivity contribution is 0.121. The molecule has 2 aromatic rings. The highest BCUT2D eigenvalue weighted by molar-refractivity contribution is 5.33. The smallest absolute Gasteiger partial charge is 0.123 e. The average Bonchev–Trinajstić information content (AvgIpc) is 2.66. The number of hydrogen-bond acceptors (Lipinski definition) is 4. The summed E-state index contributed by atoms with van der Waals surface area (Å²) in [5.41, 5.74) is 3.26. The predicted molar refractivity (Wildman–Crippen MR) is 99.3 cm³/mol. The molecule has 1 fully saturated rings. The van der Waals surface area contributed by atoms with Crippen LogP contribution in [0.4, 0.5) is 0 Å². The van der Waals surface area contributed by atoms with E-state index in [1.807, 2.05) is 25.1 Å². The van der Waals surface area contributed by atoms with E-state index in [0.29, 0.717) is 6.61 Å². The van der Waals surface area contributed by atoms with E-state index in [2.05, 4.69) is 46.2 Å². The lowest BCUT2D eigenvalue weighted by Crippen LogP contribution is -2.45. The lowest BCUT2D eigenvalue weighted by atomic mass is 10.1. The zero-order valence-electron chi connectivity index (χ0n) is 14.8. The van der Waals surface area contributed by atoms with Gasteiger partial charge in [-0.15, -0.1) is 0 Å². The number of ether oxygens (including phenoxy) is 1. The Hall–Kier alpha value is -2.35. The Balaban J connectivity index is 1.51. The van der Waals surface area contributed by atoms with Gasteiger partial charge in [-0.25, -0.2) is 0 Å². The molecule has 0 bridgehead atoms. The van der Waals surface area contributed by atoms with E-state index >= 15 is 0 Å². The Kier molecular flexibility index (Phi) is 6.05. The number of benzene rings is 2. The summed E-state index contributed by atoms with van der Waals surface area (Å²) in [6.07, 6.45) is 0. The molecule has 0 saturated carbocycles. The molecule has 4 nitrogen and oxygen atoms in total. The standard InChI is InChI=1S/C21H25N3O/c1-2-25-21-6-4-3-5-20(21)17-24-13-11-23(12-14-24)16-19-9-7-18(15-22)8-10-19/h3-10H,2,11-14,16-17H2,1H3. The highest BCUT2D eigenvalue weighted by Gasteiger charge is 2.18. The third-order valence-corrected chi connectivity index (χ3v) is 4.62. The molecule has 3 rings (SSSR count). The van der Waals surface area contributed by atoms with Crippen LogP contribution in [0.25, 0.3) is 0 Å². The summed E-state index contributed by atoms with van der Waals surface area (Å²) in [6, 6.07) is 18.4. The van der Waals surface area contributed by atoms with Gasteiger partial charge in [-0.2, -0.15) is 5.26 Å². The Labute approximate surface area is 150 Å². The molecule has 0 amide bonds. The van der Waals surface area contributed by atoms with E-state index in [1.165, 1.54) is 11.1 Å². The van der Waals surface area contributed by atoms with Gasteiger partial charge in [-0.3, -0.25) is 9.80 Å². The molecular weight excluding hydrogens is 310 g/mol. The van der Waals surface area contributed by atoms with E-state index in [-0.39, 0.29) is 0 Å². The van der Waals surface area contributed by atoms with Crippen molar-refractivity contribution >= 4 is 0 Å². The molecule has 0 N–H and O–H groups in total. The first-order chi connectivity index (χ1) is 12.3. The molecule has 0 radical (unpaired) electrons. The molecule has 1 aliphatic rings. The molecule has 1 saturated heterocycles. The fourth-order valence-corrected chi connectivity index (χ4v) is 3.22. The Morgan fingerprint density at radius 2 is 1.56 bits per heavy atom. The number of rotatable bonds is 6. The molecule has 130 valence electrons. The quantitative estimate of drug-likeness (QED) is 0.812. The fraction of sp³-hybridized carbons (Fsp3) is 0.381. The summed E-state index contributed by atoms with van der Waals surface area (Å²) in [7, 11) is 0. The summed E-state index contributed by atoms with van der Waals surface area (Å²) in [5, 5.41) is 8.88. The zero-order valence-corrected chi connectivity index (χ0v) is 14.8. The Bertz CT molecular complexity index is 713. The summed E-state index contributed by atoms with van der Waals surface area (Å²) >= 11 is 0. The lowest BCUT2D eigenvalue weighted by Gasteiger charge is -2.35. The molecule has 1 heterocycles. The van der Waals surface area contributed by atoms with Gasteiger partial charge in [0.2, 0.25) is 0 Å². The van der Waals surface area contributed by atoms with Gasteiger partial charge in [0.1, 0.15) is 5.75 Å². The van der Waals surface area contributed by atoms with E-state index in [9.17, 15) is 0 Å². The average molecular weight is 335 g/mol. The van der Waals surface area contributed by atoms with Gasteiger partial charge >= 0.3 is 0 Å². The van der Waals surface area contributed by atoms with Crippen LogP contribution >= 0.6 is 0 Å². The number of piperazine rings is 1. The molecule has 1 aliphatic heterocycles. The maximum absolute atomic E-state index is 8.88. The summed E-state index contributed by atoms with van der Waals surface area (Å²) in [5.74, 6) is 1.00. The largest absolute Gasteiger partial charge is 0.494 e. The first-order valence-corrected chi connectivity index (χ1v) is 8.93. The van der Waals surface area contributed by atoms with Crippen molar-refractivity contribution < 1.29 is 4.74 Å². The molecule has 25 heavy (non-hydrogen) atoms. The monoisotopic (exact) mass is 335 g/mol. The van der Waals surface area contributed by atoms with Crippen molar-refractivity contribution in [1.29, 1.82) is 5.26 Å². The number of para-hydroxylation sites is 1. The van der Waals surface area contributed by atoms with E-state index in [4.69, 9.17) is 10.00 Å². The van der Waals surface area contributed by atoms with Gasteiger partial charge < -0.3 is 4.74 Å². The van der Waals surface area contributed by atoms with Gasteiger partial charge in [-0.05, 0) is 30.7 Å². The van der Waals surface area contributed by atoms with E-state index in [0.717, 1.165) is 50.6 Å². The number of nitrogens with zero attached hydrogens (tertiary/aromatic N) is 3. The molecule has 0 aliphatic carbocycles. The molecule has 2 aromatic carbocycles. The Morgan fingerprint density at radius 1 is 0.920 bits per heavy atom. The molecular formula is C21H25N3O. The topological polar surface area (TPSA) is 39.5 Å². The maximum atomic E-state index is 8.88. The van der Waals surface area contributed by atoms with Crippen LogP contribution in [-0.4, -0.2) is 42.6 Å². The number of nitriles is 1. The SMILES string of the molecule is CCOc1ccccc1CN1CCN(Cc2ccc(C#N)cc2)CC1. The predicted octanol–water partition coefficient (Wildman–Crippen LogP) is 3.27. The zero-order chi connectivity index (χ0) is 17.5. The van der Waals surface area contributed by atoms with Crippen molar-refractivity contribution in [3.63, 3.8) is 0 Å². The van der Waals surface area contributed by atoms with Gasteiger partial charge in [0.25, 0.3) is 0 Å². The summed E-state index contributed by atoms with van der Waals surface area (Å²) in [4.78, 5) is 4.97. The van der Waals surface area contributed by atoms with Crippen LogP contribution in [-0.2, 0) is 13.1 Å². The Morgan fingerprint density at radius 3 is 2.20 bits per heavy atom. The third kappa shape index (κ3) is 4.82. The van der Waals surface area contributed by atoms with Crippen LogP contribution in [0.5, 0.6) is 5.75 Å². The molecule has 0 aromatic heterocycles. The molecule has 0 atom stereocenters. The van der Waals surface area contributed by atoms with Gasteiger partial charge in [-0.1, -0.05) is 30.3 Å². The molecule has 0 unspecified atom stereocenters. The minimum atomic E-state index is 0.704. The van der Waals surface area contributed by atoms with E-state index in [1.54, 1.807) is 0 Å². The van der Waals surface area contributed by atoms with Crippen molar-refractivity contribution in [3.8, 4) is 11.8 Å². The van der Waals surface area contributed by atoms with Crippen molar-refractivity contribution in [2.45, 2.75) is 20.0 Å². The van der Waals surface area contributed by atoms with Crippen LogP contribution in [0.3, 0.4) is 0 Å². The fourth-order valence-electron chi connectivity index (χ4n) is 3.22. The molecule has 0 spiro atoms. The minimum Gasteiger partial charge on any atom is -0.494 e. The second-order valence-corrected chi connectivity index (χ2v) is 6.40. The normalized spacial score (nSPS) is 15.7. The first kappa shape index (κ1) is 17.5.